The van der Waals surface area contributed by atoms with Gasteiger partial charge in [-0.15, -0.1) is 223 Å². The van der Waals surface area contributed by atoms with Gasteiger partial charge in [0.1, 0.15) is 0 Å². The van der Waals surface area contributed by atoms with E-state index in [1.54, 1.807) is 0 Å². The molecular weight excluding hydrogens is 1610 g/mol. The summed E-state index contributed by atoms with van der Waals surface area (Å²) in [5, 5.41) is 0. The van der Waals surface area contributed by atoms with Gasteiger partial charge in [-0.05, 0) is 175 Å². The third-order valence-corrected chi connectivity index (χ3v) is 362. The Morgan fingerprint density at radius 3 is 0.423 bits per heavy atom. The van der Waals surface area contributed by atoms with Crippen molar-refractivity contribution in [1.82, 2.24) is 0 Å². The highest BCUT2D eigenvalue weighted by molar-refractivity contribution is 9.52. The predicted molar refractivity (Wildman–Crippen MR) is 432 cm³/mol. The molecule has 0 spiro atoms. The molecule has 0 aliphatic heterocycles. The Bertz CT molecular complexity index is 776. The van der Waals surface area contributed by atoms with Crippen LogP contribution in [-0.2, 0) is 0 Å². The molecule has 0 saturated carbocycles. The van der Waals surface area contributed by atoms with E-state index in [9.17, 15) is 0 Å². The van der Waals surface area contributed by atoms with E-state index in [0.29, 0.717) is 0 Å². The fourth-order valence-electron chi connectivity index (χ4n) is 3.00. The lowest BCUT2D eigenvalue weighted by Crippen LogP contribution is -1.71. The van der Waals surface area contributed by atoms with Crippen LogP contribution < -0.4 is 0 Å². The zero-order valence-corrected chi connectivity index (χ0v) is 79.8. The highest BCUT2D eigenvalue weighted by Crippen LogP contribution is 3.46. The van der Waals surface area contributed by atoms with Crippen LogP contribution in [0.1, 0.15) is 0 Å². The molecule has 0 aliphatic carbocycles. The average molecular weight is 1660 g/mol. The van der Waals surface area contributed by atoms with Crippen molar-refractivity contribution in [3.63, 3.8) is 0 Å². The molecule has 28 unspecified atom stereocenters. The third kappa shape index (κ3) is 26.3. The predicted octanol–water partition coefficient (Wildman–Crippen LogP) is 30.9. The van der Waals surface area contributed by atoms with E-state index >= 15 is 0 Å². The lowest BCUT2D eigenvalue weighted by Gasteiger charge is -2.58. The van der Waals surface area contributed by atoms with Crippen molar-refractivity contribution in [3.05, 3.63) is 0 Å². The van der Waals surface area contributed by atoms with E-state index < -0.39 is 6.99 Å². The van der Waals surface area contributed by atoms with Gasteiger partial charge in [-0.3, -0.25) is 0 Å². The van der Waals surface area contributed by atoms with Crippen LogP contribution in [0.25, 0.3) is 0 Å². The van der Waals surface area contributed by atoms with Crippen LogP contribution >= 0.6 is 416 Å². The summed E-state index contributed by atoms with van der Waals surface area (Å²) in [5.74, 6) is 0. The second-order valence-corrected chi connectivity index (χ2v) is 220. The summed E-state index contributed by atoms with van der Waals surface area (Å²) < 4.78 is 0. The minimum Gasteiger partial charge on any atom is -0.102 e. The van der Waals surface area contributed by atoms with Gasteiger partial charge in [-0.2, -0.15) is 0 Å². The van der Waals surface area contributed by atoms with Crippen molar-refractivity contribution in [2.24, 2.45) is 0 Å². The van der Waals surface area contributed by atoms with Gasteiger partial charge in [0.25, 0.3) is 0 Å². The normalized spacial score (nSPS) is 16.1. The molecule has 0 saturated heterocycles. The molecular formula is H52P52. The molecule has 52 heavy (non-hydrogen) atoms. The molecule has 0 amide bonds. The lowest BCUT2D eigenvalue weighted by molar-refractivity contribution is 4.35. The maximum atomic E-state index is 4.40. The van der Waals surface area contributed by atoms with Crippen molar-refractivity contribution in [3.8, 4) is 0 Å². The van der Waals surface area contributed by atoms with Crippen molar-refractivity contribution < 1.29 is 0 Å². The summed E-state index contributed by atoms with van der Waals surface area (Å²) in [6, 6.07) is 0. The smallest absolute Gasteiger partial charge is 0.0000140 e. The molecule has 0 fully saturated rings. The van der Waals surface area contributed by atoms with Gasteiger partial charge in [0, 0.05) is 0 Å². The molecule has 0 aromatic carbocycles. The minimum absolute atomic E-state index is 0.153. The SMILES string of the molecule is [PH]P([PH])P(P)P(P(P(P)P)P(P)P)P(P(P(P)P)P(P)P)P(P(P(P(P)P)P(P)P)P(P(P)P)P(P)P)P(P(P(P)P)P(P)P)P(P(P)P)P(P)P. The molecule has 0 N–H and O–H groups in total. The van der Waals surface area contributed by atoms with E-state index in [4.69, 9.17) is 0 Å². The second kappa shape index (κ2) is 40.5. The fraction of sp³-hybridized carbons (Fsp3) is 0. The summed E-state index contributed by atoms with van der Waals surface area (Å²) in [5.41, 5.74) is 0. The molecule has 0 nitrogen and oxygen atoms in total. The first kappa shape index (κ1) is 74.4. The summed E-state index contributed by atoms with van der Waals surface area (Å²) in [7, 11) is 96.0. The molecule has 52 heteroatoms. The first-order valence-electron chi connectivity index (χ1n) is 11.7. The van der Waals surface area contributed by atoms with E-state index in [0.717, 1.165) is 0 Å². The summed E-state index contributed by atoms with van der Waals surface area (Å²) in [6.45, 7) is -5.23. The fourth-order valence-corrected chi connectivity index (χ4v) is 729. The topological polar surface area (TPSA) is 0 Å². The van der Waals surface area contributed by atoms with Crippen LogP contribution in [-0.4, -0.2) is 0 Å². The van der Waals surface area contributed by atoms with E-state index in [1.165, 1.54) is 0 Å². The Labute approximate surface area is 409 Å². The van der Waals surface area contributed by atoms with Crippen LogP contribution in [0.4, 0.5) is 0 Å². The first-order chi connectivity index (χ1) is 23.6. The zero-order chi connectivity index (χ0) is 41.4. The van der Waals surface area contributed by atoms with Crippen molar-refractivity contribution in [2.75, 3.05) is 0 Å². The standard InChI is InChI=1S/H52P52/c1-28(2)41(27)48(42(29(3)4)30(5)6)51(47(39(23)24)40(25)26)52(49(43(31(7)8)32(9)10)44(33(11)12)34(13)14)50(45(35(15)16)36(17)18)46(37(19)20)38(21)22/h1-2H,3-27H2. The molecule has 0 aromatic heterocycles. The van der Waals surface area contributed by atoms with Crippen molar-refractivity contribution >= 4 is 416 Å². The van der Waals surface area contributed by atoms with Crippen LogP contribution in [0.15, 0.2) is 0 Å². The molecule has 312 valence electrons. The Hall–Kier alpha value is 22.4. The number of rotatable bonds is 24. The van der Waals surface area contributed by atoms with Crippen LogP contribution in [0.3, 0.4) is 0 Å². The molecule has 0 aromatic rings. The maximum absolute atomic E-state index is 4.40. The van der Waals surface area contributed by atoms with Crippen LogP contribution in [0, 0.1) is 0 Å². The quantitative estimate of drug-likeness (QED) is 0.0845. The molecule has 0 bridgehead atoms. The summed E-state index contributed by atoms with van der Waals surface area (Å²) in [4.78, 5) is 0. The molecule has 0 heterocycles. The van der Waals surface area contributed by atoms with Gasteiger partial charge in [-0.1, -0.05) is 17.9 Å². The summed E-state index contributed by atoms with van der Waals surface area (Å²) >= 11 is 0. The molecule has 28 atom stereocenters. The first-order valence-corrected chi connectivity index (χ1v) is 105. The third-order valence-electron chi connectivity index (χ3n) is 4.47. The van der Waals surface area contributed by atoms with E-state index in [2.05, 4.69) is 241 Å². The summed E-state index contributed by atoms with van der Waals surface area (Å²) in [6.07, 6.45) is 0. The Balaban J connectivity index is 9.73. The van der Waals surface area contributed by atoms with Gasteiger partial charge in [0.15, 0.2) is 0 Å². The van der Waals surface area contributed by atoms with Crippen LogP contribution in [0.5, 0.6) is 0 Å². The largest absolute Gasteiger partial charge is 0.102 e. The van der Waals surface area contributed by atoms with E-state index in [1.807, 2.05) is 0 Å². The maximum Gasteiger partial charge on any atom is -0.0000140 e. The highest BCUT2D eigenvalue weighted by Gasteiger charge is 2.59. The monoisotopic (exact) mass is 1660 g/mol. The Morgan fingerprint density at radius 1 is 0.173 bits per heavy atom. The molecule has 2 radical (unpaired) electrons. The van der Waals surface area contributed by atoms with Crippen molar-refractivity contribution in [2.45, 2.75) is 0 Å². The highest BCUT2D eigenvalue weighted by atomic mass is 33.6. The number of hydrogen-bond acceptors (Lipinski definition) is 0. The lowest BCUT2D eigenvalue weighted by atomic mass is 28.4. The second-order valence-electron chi connectivity index (χ2n) is 8.14. The van der Waals surface area contributed by atoms with Gasteiger partial charge >= 0.3 is 0 Å². The Kier molecular flexibility index (Phi) is 57.9. The molecule has 0 aliphatic rings. The van der Waals surface area contributed by atoms with Gasteiger partial charge < -0.3 is 0 Å². The zero-order valence-electron chi connectivity index (χ0n) is 26.6. The van der Waals surface area contributed by atoms with Gasteiger partial charge in [-0.25, -0.2) is 0 Å². The van der Waals surface area contributed by atoms with E-state index in [-0.39, 0.29) is 168 Å². The van der Waals surface area contributed by atoms with Crippen LogP contribution in [0.2, 0.25) is 0 Å². The Morgan fingerprint density at radius 2 is 0.288 bits per heavy atom. The molecule has 0 rings (SSSR count). The van der Waals surface area contributed by atoms with Crippen molar-refractivity contribution in [1.29, 1.82) is 0 Å². The van der Waals surface area contributed by atoms with Gasteiger partial charge in [0.05, 0.1) is 0 Å². The minimum atomic E-state index is -0.409. The average Bonchev–Trinajstić information content (AvgIpc) is 2.92. The number of hydrogen-bond donors (Lipinski definition) is 0. The van der Waals surface area contributed by atoms with Gasteiger partial charge in [0.2, 0.25) is 0 Å².